The number of likely N-dealkylation sites (tertiary alicyclic amines) is 1. The molecule has 1 amide bonds. The standard InChI is InChI=1S/C30H27F3N4O4.C25H18F3N3O4.C5H11NO/c1-29(40)10-11-37(17-29)28(39)19-4-8-25(35-16-19)20-12-21-13-23(41-27(21)24(14-20)30(31,32)33)7-6-22(38)5-2-18-3-9-26(34)36-15-18;26-25(27,28)20-11-16(21-7-3-15(13-30-21)24(33)34)9-17-10-19(35-23(17)20)6-5-18(32)4-1-14-2-8-22(29)31-12-14;1-5(7)2-3-6-4-5/h2-5,8-9,12-16,40H,6-7,10-11,17H2,1H3,(H2,34,36);1-4,7-13H,5-6H2,(H2,29,31)(H,33,34);6-7H,2-4H2,1H3/b5-2+;4-1+;. The molecular weight excluding hydrogens is 1090 g/mol. The lowest BCUT2D eigenvalue weighted by atomic mass is 10.0. The molecule has 0 radical (unpaired) electrons. The van der Waals surface area contributed by atoms with Gasteiger partial charge in [-0.1, -0.05) is 0 Å². The van der Waals surface area contributed by atoms with Gasteiger partial charge in [0.15, 0.2) is 11.6 Å². The number of carbonyl (C=O) groups excluding carboxylic acids is 3. The van der Waals surface area contributed by atoms with E-state index in [0.717, 1.165) is 37.8 Å². The Balaban J connectivity index is 0.000000196. The smallest absolute Gasteiger partial charge is 0.420 e. The van der Waals surface area contributed by atoms with Crippen LogP contribution in [0.2, 0.25) is 0 Å². The Bertz CT molecular complexity index is 3700. The minimum atomic E-state index is -4.70. The highest BCUT2D eigenvalue weighted by atomic mass is 19.4. The fraction of sp³-hybridized carbons (Fsp3) is 0.267. The van der Waals surface area contributed by atoms with E-state index < -0.39 is 40.7 Å². The molecule has 2 aliphatic heterocycles. The summed E-state index contributed by atoms with van der Waals surface area (Å²) in [5.74, 6) is -0.769. The van der Waals surface area contributed by atoms with Crippen molar-refractivity contribution in [3.63, 3.8) is 0 Å². The average molecular weight is 1150 g/mol. The van der Waals surface area contributed by atoms with Gasteiger partial charge in [0.05, 0.1) is 44.8 Å². The normalized spacial score (nSPS) is 17.2. The summed E-state index contributed by atoms with van der Waals surface area (Å²) < 4.78 is 94.3. The number of amides is 1. The van der Waals surface area contributed by atoms with Gasteiger partial charge < -0.3 is 45.8 Å². The van der Waals surface area contributed by atoms with E-state index in [9.17, 15) is 50.6 Å². The van der Waals surface area contributed by atoms with Crippen LogP contribution in [0.4, 0.5) is 38.0 Å². The van der Waals surface area contributed by atoms with E-state index in [-0.39, 0.29) is 117 Å². The maximum atomic E-state index is 14.0. The fourth-order valence-corrected chi connectivity index (χ4v) is 8.93. The van der Waals surface area contributed by atoms with Crippen LogP contribution in [0.1, 0.15) is 94.0 Å². The van der Waals surface area contributed by atoms with Gasteiger partial charge >= 0.3 is 18.3 Å². The van der Waals surface area contributed by atoms with Gasteiger partial charge in [0.1, 0.15) is 34.3 Å². The van der Waals surface area contributed by atoms with E-state index in [0.29, 0.717) is 35.7 Å². The number of pyridine rings is 4. The Morgan fingerprint density at radius 3 is 1.47 bits per heavy atom. The SMILES string of the molecule is CC1(O)CCN(C(=O)c2ccc(-c3cc(C(F)(F)F)c4oc(CCC(=O)/C=C/c5ccc(N)nc5)cc4c3)nc2)C1.CC1(O)CCNC1.Nc1ccc(/C=C/C(=O)CCc2cc3cc(-c4ccc(C(=O)O)cn4)cc(C(F)(F)F)c3o2)cn1. The minimum Gasteiger partial charge on any atom is -0.478 e. The summed E-state index contributed by atoms with van der Waals surface area (Å²) in [6, 6.07) is 20.1. The number of furan rings is 2. The molecule has 2 aliphatic rings. The number of carbonyl (C=O) groups is 4. The number of anilines is 2. The summed E-state index contributed by atoms with van der Waals surface area (Å²) in [5.41, 5.74) is 9.46. The van der Waals surface area contributed by atoms with E-state index in [4.69, 9.17) is 30.5 Å². The highest BCUT2D eigenvalue weighted by molar-refractivity contribution is 5.96. The average Bonchev–Trinajstić information content (AvgIpc) is 3.08. The summed E-state index contributed by atoms with van der Waals surface area (Å²) in [5, 5.41) is 31.7. The molecule has 6 aromatic heterocycles. The molecule has 10 rings (SSSR count). The summed E-state index contributed by atoms with van der Waals surface area (Å²) >= 11 is 0. The Hall–Kier alpha value is -9.06. The highest BCUT2D eigenvalue weighted by Gasteiger charge is 2.37. The number of aliphatic hydroxyl groups is 2. The van der Waals surface area contributed by atoms with E-state index in [2.05, 4.69) is 25.3 Å². The largest absolute Gasteiger partial charge is 0.478 e. The molecule has 0 saturated carbocycles. The Labute approximate surface area is 470 Å². The summed E-state index contributed by atoms with van der Waals surface area (Å²) in [4.78, 5) is 65.9. The predicted octanol–water partition coefficient (Wildman–Crippen LogP) is 10.4. The molecular formula is C60H56F6N8O9. The van der Waals surface area contributed by atoms with Crippen molar-refractivity contribution in [3.8, 4) is 22.5 Å². The number of nitrogens with one attached hydrogen (secondary N) is 1. The van der Waals surface area contributed by atoms with Crippen LogP contribution in [0, 0.1) is 0 Å². The number of aromatic carboxylic acids is 1. The van der Waals surface area contributed by atoms with Crippen molar-refractivity contribution in [1.29, 1.82) is 0 Å². The van der Waals surface area contributed by atoms with Crippen molar-refractivity contribution in [1.82, 2.24) is 30.2 Å². The number of allylic oxidation sites excluding steroid dienone is 2. The molecule has 8 aromatic rings. The molecule has 8 heterocycles. The predicted molar refractivity (Wildman–Crippen MR) is 297 cm³/mol. The maximum absolute atomic E-state index is 14.0. The third-order valence-corrected chi connectivity index (χ3v) is 13.4. The molecule has 0 aliphatic carbocycles. The molecule has 2 aromatic carbocycles. The monoisotopic (exact) mass is 1150 g/mol. The van der Waals surface area contributed by atoms with Gasteiger partial charge in [0, 0.05) is 92.0 Å². The first-order chi connectivity index (χ1) is 39.2. The zero-order chi connectivity index (χ0) is 59.9. The number of hydrogen-bond donors (Lipinski definition) is 6. The number of ketones is 2. The van der Waals surface area contributed by atoms with Crippen molar-refractivity contribution in [2.24, 2.45) is 0 Å². The highest BCUT2D eigenvalue weighted by Crippen LogP contribution is 2.41. The van der Waals surface area contributed by atoms with Gasteiger partial charge in [-0.25, -0.2) is 14.8 Å². The summed E-state index contributed by atoms with van der Waals surface area (Å²) in [6.45, 7) is 5.84. The number of halogens is 6. The second kappa shape index (κ2) is 25.0. The van der Waals surface area contributed by atoms with Crippen LogP contribution in [-0.2, 0) is 34.8 Å². The number of hydrogen-bond acceptors (Lipinski definition) is 15. The molecule has 2 fully saturated rings. The second-order valence-electron chi connectivity index (χ2n) is 20.5. The first kappa shape index (κ1) is 60.0. The van der Waals surface area contributed by atoms with E-state index >= 15 is 0 Å². The Kier molecular flexibility index (Phi) is 18.1. The number of carboxylic acid groups (broad SMARTS) is 1. The number of aromatic nitrogens is 4. The summed E-state index contributed by atoms with van der Waals surface area (Å²) in [7, 11) is 0. The first-order valence-electron chi connectivity index (χ1n) is 25.9. The van der Waals surface area contributed by atoms with Crippen LogP contribution in [0.25, 0.3) is 56.6 Å². The van der Waals surface area contributed by atoms with Crippen molar-refractivity contribution in [2.75, 3.05) is 37.6 Å². The number of benzene rings is 2. The van der Waals surface area contributed by atoms with Gasteiger partial charge in [-0.3, -0.25) is 24.4 Å². The zero-order valence-electron chi connectivity index (χ0n) is 44.7. The fourth-order valence-electron chi connectivity index (χ4n) is 8.93. The lowest BCUT2D eigenvalue weighted by molar-refractivity contribution is -0.137. The topological polar surface area (TPSA) is 274 Å². The lowest BCUT2D eigenvalue weighted by Crippen LogP contribution is -2.33. The number of alkyl halides is 6. The molecule has 83 heavy (non-hydrogen) atoms. The third-order valence-electron chi connectivity index (χ3n) is 13.4. The maximum Gasteiger partial charge on any atom is 0.420 e. The lowest BCUT2D eigenvalue weighted by Gasteiger charge is -2.19. The molecule has 8 N–H and O–H groups in total. The van der Waals surface area contributed by atoms with Crippen LogP contribution in [-0.4, -0.2) is 101 Å². The summed E-state index contributed by atoms with van der Waals surface area (Å²) in [6.07, 6.45) is 3.59. The molecule has 2 atom stereocenters. The van der Waals surface area contributed by atoms with Crippen molar-refractivity contribution >= 4 is 69.2 Å². The zero-order valence-corrected chi connectivity index (χ0v) is 44.7. The van der Waals surface area contributed by atoms with Gasteiger partial charge in [-0.15, -0.1) is 0 Å². The molecule has 432 valence electrons. The van der Waals surface area contributed by atoms with Crippen molar-refractivity contribution in [3.05, 3.63) is 167 Å². The number of nitrogens with two attached hydrogens (primary N) is 2. The van der Waals surface area contributed by atoms with Crippen LogP contribution < -0.4 is 16.8 Å². The van der Waals surface area contributed by atoms with E-state index in [1.165, 1.54) is 84.2 Å². The number of aryl methyl sites for hydroxylation is 2. The first-order valence-corrected chi connectivity index (χ1v) is 25.9. The molecule has 0 bridgehead atoms. The number of nitrogen functional groups attached to an aromatic ring is 2. The Morgan fingerprint density at radius 1 is 0.639 bits per heavy atom. The number of β-amino-alcohol motifs (C(OH)–C–C–N with tert-alkyl or cyclic N) is 2. The van der Waals surface area contributed by atoms with Crippen LogP contribution in [0.3, 0.4) is 0 Å². The van der Waals surface area contributed by atoms with E-state index in [1.54, 1.807) is 43.3 Å². The van der Waals surface area contributed by atoms with Crippen LogP contribution in [0.5, 0.6) is 0 Å². The molecule has 2 saturated heterocycles. The minimum absolute atomic E-state index is 0.0329. The van der Waals surface area contributed by atoms with Crippen molar-refractivity contribution in [2.45, 2.75) is 75.9 Å². The Morgan fingerprint density at radius 2 is 1.12 bits per heavy atom. The molecule has 23 heteroatoms. The molecule has 0 spiro atoms. The molecule has 2 unspecified atom stereocenters. The van der Waals surface area contributed by atoms with Gasteiger partial charge in [-0.2, -0.15) is 26.3 Å². The molecule has 17 nitrogen and oxygen atoms in total. The quantitative estimate of drug-likeness (QED) is 0.0436. The van der Waals surface area contributed by atoms with Crippen molar-refractivity contribution < 1.29 is 69.7 Å². The number of rotatable bonds is 14. The van der Waals surface area contributed by atoms with Crippen LogP contribution in [0.15, 0.2) is 131 Å². The number of nitrogens with zero attached hydrogens (tertiary/aromatic N) is 5. The number of carboxylic acids is 1. The van der Waals surface area contributed by atoms with Gasteiger partial charge in [-0.05, 0) is 154 Å². The second-order valence-corrected chi connectivity index (χ2v) is 20.5. The van der Waals surface area contributed by atoms with Gasteiger partial charge in [0.2, 0.25) is 0 Å². The van der Waals surface area contributed by atoms with E-state index in [1.807, 2.05) is 6.92 Å². The van der Waals surface area contributed by atoms with Gasteiger partial charge in [0.25, 0.3) is 5.91 Å². The number of fused-ring (bicyclic) bond motifs is 2. The van der Waals surface area contributed by atoms with Crippen LogP contribution >= 0.6 is 0 Å². The third kappa shape index (κ3) is 16.1.